The van der Waals surface area contributed by atoms with Crippen molar-refractivity contribution in [1.29, 1.82) is 0 Å². The van der Waals surface area contributed by atoms with Crippen LogP contribution in [0.2, 0.25) is 0 Å². The molecule has 2 aliphatic heterocycles. The Morgan fingerprint density at radius 2 is 2.00 bits per heavy atom. The summed E-state index contributed by atoms with van der Waals surface area (Å²) in [6.07, 6.45) is 2.62. The minimum atomic E-state index is -0.142. The lowest BCUT2D eigenvalue weighted by molar-refractivity contribution is 0.153. The summed E-state index contributed by atoms with van der Waals surface area (Å²) < 4.78 is 13.7. The summed E-state index contributed by atoms with van der Waals surface area (Å²) in [4.78, 5) is 2.65. The maximum atomic E-state index is 13.1. The summed E-state index contributed by atoms with van der Waals surface area (Å²) in [5.41, 5.74) is 1.33. The normalized spacial score (nSPS) is 40.1. The predicted molar refractivity (Wildman–Crippen MR) is 80.5 cm³/mol. The molecule has 18 heavy (non-hydrogen) atoms. The molecular formula is C15H19FIN. The van der Waals surface area contributed by atoms with Crippen molar-refractivity contribution in [1.82, 2.24) is 4.90 Å². The van der Waals surface area contributed by atoms with E-state index in [0.717, 1.165) is 0 Å². The Morgan fingerprint density at radius 1 is 1.33 bits per heavy atom. The van der Waals surface area contributed by atoms with Crippen LogP contribution in [0.25, 0.3) is 0 Å². The van der Waals surface area contributed by atoms with E-state index in [2.05, 4.69) is 41.3 Å². The Kier molecular flexibility index (Phi) is 3.17. The molecule has 0 aliphatic carbocycles. The summed E-state index contributed by atoms with van der Waals surface area (Å²) in [6.45, 7) is 5.89. The SMILES string of the molecule is CC1C2CCCN2C(C)(c2ccc(F)cc2)C1I. The molecule has 1 aromatic rings. The molecule has 2 saturated heterocycles. The highest BCUT2D eigenvalue weighted by Crippen LogP contribution is 2.52. The first-order chi connectivity index (χ1) is 8.55. The van der Waals surface area contributed by atoms with Gasteiger partial charge in [0.1, 0.15) is 5.82 Å². The average Bonchev–Trinajstić information content (AvgIpc) is 2.91. The van der Waals surface area contributed by atoms with E-state index in [9.17, 15) is 4.39 Å². The second kappa shape index (κ2) is 4.44. The zero-order valence-corrected chi connectivity index (χ0v) is 13.0. The van der Waals surface area contributed by atoms with Crippen molar-refractivity contribution >= 4 is 22.6 Å². The van der Waals surface area contributed by atoms with Crippen LogP contribution in [0.5, 0.6) is 0 Å². The number of alkyl halides is 1. The molecule has 1 aromatic carbocycles. The highest BCUT2D eigenvalue weighted by molar-refractivity contribution is 14.1. The molecule has 3 heteroatoms. The van der Waals surface area contributed by atoms with E-state index in [0.29, 0.717) is 15.9 Å². The smallest absolute Gasteiger partial charge is 0.123 e. The van der Waals surface area contributed by atoms with E-state index >= 15 is 0 Å². The second-order valence-corrected chi connectivity index (χ2v) is 7.16. The molecule has 0 amide bonds. The highest BCUT2D eigenvalue weighted by atomic mass is 127. The fourth-order valence-corrected chi connectivity index (χ4v) is 5.09. The molecule has 2 aliphatic rings. The van der Waals surface area contributed by atoms with Crippen molar-refractivity contribution < 1.29 is 4.39 Å². The molecular weight excluding hydrogens is 340 g/mol. The van der Waals surface area contributed by atoms with Crippen molar-refractivity contribution in [2.75, 3.05) is 6.54 Å². The molecule has 0 aromatic heterocycles. The lowest BCUT2D eigenvalue weighted by Crippen LogP contribution is -2.43. The summed E-state index contributed by atoms with van der Waals surface area (Å²) in [7, 11) is 0. The molecule has 0 radical (unpaired) electrons. The largest absolute Gasteiger partial charge is 0.290 e. The van der Waals surface area contributed by atoms with E-state index in [-0.39, 0.29) is 11.4 Å². The fraction of sp³-hybridized carbons (Fsp3) is 0.600. The molecule has 0 N–H and O–H groups in total. The number of rotatable bonds is 1. The quantitative estimate of drug-likeness (QED) is 0.542. The van der Waals surface area contributed by atoms with Crippen LogP contribution in [0.4, 0.5) is 4.39 Å². The van der Waals surface area contributed by atoms with Gasteiger partial charge in [-0.15, -0.1) is 0 Å². The van der Waals surface area contributed by atoms with Gasteiger partial charge in [-0.05, 0) is 49.9 Å². The molecule has 2 fully saturated rings. The van der Waals surface area contributed by atoms with Gasteiger partial charge in [-0.25, -0.2) is 4.39 Å². The van der Waals surface area contributed by atoms with Crippen molar-refractivity contribution in [2.24, 2.45) is 5.92 Å². The number of halogens is 2. The topological polar surface area (TPSA) is 3.24 Å². The van der Waals surface area contributed by atoms with Crippen molar-refractivity contribution in [3.8, 4) is 0 Å². The maximum absolute atomic E-state index is 13.1. The van der Waals surface area contributed by atoms with Crippen molar-refractivity contribution in [3.63, 3.8) is 0 Å². The standard InChI is InChI=1S/C15H19FIN/c1-10-13-4-3-9-18(13)15(2,14(10)17)11-5-7-12(16)8-6-11/h5-8,10,13-14H,3-4,9H2,1-2H3. The molecule has 0 spiro atoms. The zero-order chi connectivity index (χ0) is 12.9. The molecule has 4 unspecified atom stereocenters. The third-order valence-corrected chi connectivity index (χ3v) is 7.28. The predicted octanol–water partition coefficient (Wildman–Crippen LogP) is 3.96. The summed E-state index contributed by atoms with van der Waals surface area (Å²) in [5, 5.41) is 0. The van der Waals surface area contributed by atoms with Gasteiger partial charge in [-0.1, -0.05) is 41.6 Å². The summed E-state index contributed by atoms with van der Waals surface area (Å²) >= 11 is 2.60. The first-order valence-electron chi connectivity index (χ1n) is 6.72. The number of benzene rings is 1. The van der Waals surface area contributed by atoms with Gasteiger partial charge >= 0.3 is 0 Å². The number of nitrogens with zero attached hydrogens (tertiary/aromatic N) is 1. The van der Waals surface area contributed by atoms with Gasteiger partial charge in [0.05, 0.1) is 5.54 Å². The minimum absolute atomic E-state index is 0.0643. The van der Waals surface area contributed by atoms with Gasteiger partial charge < -0.3 is 0 Å². The molecule has 2 heterocycles. The van der Waals surface area contributed by atoms with Crippen molar-refractivity contribution in [2.45, 2.75) is 42.2 Å². The zero-order valence-electron chi connectivity index (χ0n) is 10.9. The maximum Gasteiger partial charge on any atom is 0.123 e. The Bertz CT molecular complexity index is 446. The van der Waals surface area contributed by atoms with Crippen molar-refractivity contribution in [3.05, 3.63) is 35.6 Å². The van der Waals surface area contributed by atoms with Gasteiger partial charge in [0.25, 0.3) is 0 Å². The Morgan fingerprint density at radius 3 is 2.67 bits per heavy atom. The van der Waals surface area contributed by atoms with E-state index in [1.165, 1.54) is 24.9 Å². The molecule has 0 bridgehead atoms. The Balaban J connectivity index is 2.04. The van der Waals surface area contributed by atoms with Crippen LogP contribution >= 0.6 is 22.6 Å². The second-order valence-electron chi connectivity index (χ2n) is 5.82. The molecule has 1 nitrogen and oxygen atoms in total. The van der Waals surface area contributed by atoms with Crippen LogP contribution in [-0.4, -0.2) is 21.4 Å². The minimum Gasteiger partial charge on any atom is -0.290 e. The number of hydrogen-bond donors (Lipinski definition) is 0. The lowest BCUT2D eigenvalue weighted by Gasteiger charge is -2.38. The van der Waals surface area contributed by atoms with E-state index < -0.39 is 0 Å². The average molecular weight is 359 g/mol. The molecule has 4 atom stereocenters. The molecule has 0 saturated carbocycles. The van der Waals surface area contributed by atoms with E-state index in [4.69, 9.17) is 0 Å². The van der Waals surface area contributed by atoms with Gasteiger partial charge in [-0.2, -0.15) is 0 Å². The fourth-order valence-electron chi connectivity index (χ4n) is 3.89. The van der Waals surface area contributed by atoms with Crippen LogP contribution in [0.3, 0.4) is 0 Å². The molecule has 98 valence electrons. The van der Waals surface area contributed by atoms with Gasteiger partial charge in [-0.3, -0.25) is 4.90 Å². The lowest BCUT2D eigenvalue weighted by atomic mass is 9.86. The van der Waals surface area contributed by atoms with Crippen LogP contribution in [0.1, 0.15) is 32.3 Å². The number of hydrogen-bond acceptors (Lipinski definition) is 1. The van der Waals surface area contributed by atoms with Gasteiger partial charge in [0.15, 0.2) is 0 Å². The van der Waals surface area contributed by atoms with Crippen LogP contribution < -0.4 is 0 Å². The third kappa shape index (κ3) is 1.66. The van der Waals surface area contributed by atoms with Crippen LogP contribution in [0, 0.1) is 11.7 Å². The van der Waals surface area contributed by atoms with E-state index in [1.54, 1.807) is 12.1 Å². The first kappa shape index (κ1) is 12.9. The van der Waals surface area contributed by atoms with Crippen LogP contribution in [-0.2, 0) is 5.54 Å². The summed E-state index contributed by atoms with van der Waals surface area (Å²) in [6, 6.07) is 7.83. The Labute approximate surface area is 122 Å². The third-order valence-electron chi connectivity index (χ3n) is 4.93. The van der Waals surface area contributed by atoms with Crippen LogP contribution in [0.15, 0.2) is 24.3 Å². The van der Waals surface area contributed by atoms with Gasteiger partial charge in [0, 0.05) is 9.97 Å². The Hall–Kier alpha value is -0.160. The monoisotopic (exact) mass is 359 g/mol. The summed E-state index contributed by atoms with van der Waals surface area (Å²) in [5.74, 6) is 0.569. The number of fused-ring (bicyclic) bond motifs is 1. The van der Waals surface area contributed by atoms with E-state index in [1.807, 2.05) is 12.1 Å². The first-order valence-corrected chi connectivity index (χ1v) is 7.96. The van der Waals surface area contributed by atoms with Gasteiger partial charge in [0.2, 0.25) is 0 Å². The highest BCUT2D eigenvalue weighted by Gasteiger charge is 2.55. The molecule has 3 rings (SSSR count).